The van der Waals surface area contributed by atoms with Crippen molar-refractivity contribution in [3.8, 4) is 0 Å². The topological polar surface area (TPSA) is 69.6 Å². The zero-order valence-corrected chi connectivity index (χ0v) is 11.2. The predicted octanol–water partition coefficient (Wildman–Crippen LogP) is 1.93. The number of carboxylic acid groups (broad SMARTS) is 1. The first-order valence-corrected chi connectivity index (χ1v) is 7.03. The second-order valence-electron chi connectivity index (χ2n) is 5.67. The van der Waals surface area contributed by atoms with E-state index >= 15 is 0 Å². The molecule has 2 fully saturated rings. The van der Waals surface area contributed by atoms with Gasteiger partial charge in [0.05, 0.1) is 5.92 Å². The van der Waals surface area contributed by atoms with E-state index in [4.69, 9.17) is 5.11 Å². The number of likely N-dealkylation sites (tertiary alicyclic amines) is 1. The van der Waals surface area contributed by atoms with Gasteiger partial charge in [-0.05, 0) is 32.1 Å². The standard InChI is InChI=1S/C13H20F2N2O3/c14-11(15)8-1-3-10(4-2-8)16-13(20)17-6-5-9(7-17)12(18)19/h8-11H,1-7H2,(H,16,20)(H,18,19). The molecule has 0 spiro atoms. The molecule has 0 aromatic rings. The molecule has 1 unspecified atom stereocenters. The number of carbonyl (C=O) groups is 2. The molecule has 0 bridgehead atoms. The lowest BCUT2D eigenvalue weighted by Gasteiger charge is -2.30. The van der Waals surface area contributed by atoms with Crippen LogP contribution in [0.3, 0.4) is 0 Å². The SMILES string of the molecule is O=C(O)C1CCN(C(=O)NC2CCC(C(F)F)CC2)C1. The van der Waals surface area contributed by atoms with Crippen LogP contribution in [0.15, 0.2) is 0 Å². The molecule has 2 rings (SSSR count). The lowest BCUT2D eigenvalue weighted by atomic mass is 9.86. The highest BCUT2D eigenvalue weighted by Crippen LogP contribution is 2.29. The highest BCUT2D eigenvalue weighted by atomic mass is 19.3. The van der Waals surface area contributed by atoms with Gasteiger partial charge in [-0.15, -0.1) is 0 Å². The summed E-state index contributed by atoms with van der Waals surface area (Å²) in [6.45, 7) is 0.669. The van der Waals surface area contributed by atoms with E-state index < -0.39 is 24.2 Å². The number of rotatable bonds is 3. The molecule has 2 aliphatic rings. The summed E-state index contributed by atoms with van der Waals surface area (Å²) in [6, 6.07) is -0.337. The van der Waals surface area contributed by atoms with Gasteiger partial charge in [-0.25, -0.2) is 13.6 Å². The van der Waals surface area contributed by atoms with Crippen molar-refractivity contribution in [3.63, 3.8) is 0 Å². The minimum Gasteiger partial charge on any atom is -0.481 e. The first-order valence-electron chi connectivity index (χ1n) is 7.03. The number of carboxylic acids is 1. The number of carbonyl (C=O) groups excluding carboxylic acids is 1. The molecule has 1 aliphatic heterocycles. The second-order valence-corrected chi connectivity index (χ2v) is 5.67. The Morgan fingerprint density at radius 1 is 1.15 bits per heavy atom. The number of nitrogens with one attached hydrogen (secondary N) is 1. The van der Waals surface area contributed by atoms with Crippen LogP contribution < -0.4 is 5.32 Å². The Hall–Kier alpha value is -1.40. The lowest BCUT2D eigenvalue weighted by Crippen LogP contribution is -2.45. The van der Waals surface area contributed by atoms with Crippen LogP contribution >= 0.6 is 0 Å². The fraction of sp³-hybridized carbons (Fsp3) is 0.846. The van der Waals surface area contributed by atoms with Crippen LogP contribution in [0, 0.1) is 11.8 Å². The number of halogens is 2. The smallest absolute Gasteiger partial charge is 0.317 e. The van der Waals surface area contributed by atoms with Gasteiger partial charge in [0.15, 0.2) is 0 Å². The first-order chi connectivity index (χ1) is 9.47. The molecular weight excluding hydrogens is 270 g/mol. The molecule has 1 heterocycles. The predicted molar refractivity (Wildman–Crippen MR) is 67.6 cm³/mol. The molecule has 1 saturated heterocycles. The van der Waals surface area contributed by atoms with Crippen molar-refractivity contribution < 1.29 is 23.5 Å². The van der Waals surface area contributed by atoms with Crippen LogP contribution in [0.2, 0.25) is 0 Å². The first kappa shape index (κ1) is 15.0. The Morgan fingerprint density at radius 2 is 1.80 bits per heavy atom. The van der Waals surface area contributed by atoms with Crippen LogP contribution in [0.4, 0.5) is 13.6 Å². The van der Waals surface area contributed by atoms with Crippen LogP contribution in [0.25, 0.3) is 0 Å². The summed E-state index contributed by atoms with van der Waals surface area (Å²) in [6.07, 6.45) is 0.191. The molecule has 1 aliphatic carbocycles. The average Bonchev–Trinajstić information content (AvgIpc) is 2.89. The molecule has 2 N–H and O–H groups in total. The maximum absolute atomic E-state index is 12.5. The molecule has 1 saturated carbocycles. The van der Waals surface area contributed by atoms with Crippen molar-refractivity contribution in [3.05, 3.63) is 0 Å². The number of hydrogen-bond donors (Lipinski definition) is 2. The van der Waals surface area contributed by atoms with Crippen molar-refractivity contribution in [2.24, 2.45) is 11.8 Å². The minimum absolute atomic E-state index is 0.0682. The van der Waals surface area contributed by atoms with E-state index in [1.165, 1.54) is 4.90 Å². The minimum atomic E-state index is -2.28. The van der Waals surface area contributed by atoms with Crippen molar-refractivity contribution >= 4 is 12.0 Å². The highest BCUT2D eigenvalue weighted by molar-refractivity contribution is 5.77. The van der Waals surface area contributed by atoms with Gasteiger partial charge in [-0.1, -0.05) is 0 Å². The number of nitrogens with zero attached hydrogens (tertiary/aromatic N) is 1. The molecule has 114 valence electrons. The van der Waals surface area contributed by atoms with E-state index in [1.807, 2.05) is 0 Å². The molecule has 5 nitrogen and oxygen atoms in total. The van der Waals surface area contributed by atoms with Gasteiger partial charge in [-0.3, -0.25) is 4.79 Å². The third-order valence-corrected chi connectivity index (χ3v) is 4.28. The third-order valence-electron chi connectivity index (χ3n) is 4.28. The van der Waals surface area contributed by atoms with E-state index in [0.29, 0.717) is 38.6 Å². The van der Waals surface area contributed by atoms with E-state index in [9.17, 15) is 18.4 Å². The van der Waals surface area contributed by atoms with Crippen molar-refractivity contribution in [1.29, 1.82) is 0 Å². The van der Waals surface area contributed by atoms with Crippen LogP contribution in [-0.2, 0) is 4.79 Å². The molecule has 20 heavy (non-hydrogen) atoms. The van der Waals surface area contributed by atoms with Gasteiger partial charge >= 0.3 is 12.0 Å². The Labute approximate surface area is 116 Å². The largest absolute Gasteiger partial charge is 0.481 e. The molecule has 0 aromatic carbocycles. The Bertz CT molecular complexity index is 371. The molecular formula is C13H20F2N2O3. The summed E-state index contributed by atoms with van der Waals surface area (Å²) in [5, 5.41) is 11.7. The zero-order valence-electron chi connectivity index (χ0n) is 11.2. The average molecular weight is 290 g/mol. The van der Waals surface area contributed by atoms with Gasteiger partial charge in [0.2, 0.25) is 6.43 Å². The number of hydrogen-bond acceptors (Lipinski definition) is 2. The maximum Gasteiger partial charge on any atom is 0.317 e. The van der Waals surface area contributed by atoms with Gasteiger partial charge in [-0.2, -0.15) is 0 Å². The lowest BCUT2D eigenvalue weighted by molar-refractivity contribution is -0.141. The van der Waals surface area contributed by atoms with E-state index in [-0.39, 0.29) is 18.6 Å². The quantitative estimate of drug-likeness (QED) is 0.834. The van der Waals surface area contributed by atoms with Crippen molar-refractivity contribution in [1.82, 2.24) is 10.2 Å². The second kappa shape index (κ2) is 6.37. The van der Waals surface area contributed by atoms with Gasteiger partial charge in [0.1, 0.15) is 0 Å². The molecule has 2 amide bonds. The summed E-state index contributed by atoms with van der Waals surface area (Å²) in [5.41, 5.74) is 0. The van der Waals surface area contributed by atoms with Crippen LogP contribution in [0.5, 0.6) is 0 Å². The van der Waals surface area contributed by atoms with Crippen molar-refractivity contribution in [2.45, 2.75) is 44.6 Å². The van der Waals surface area contributed by atoms with E-state index in [2.05, 4.69) is 5.32 Å². The summed E-state index contributed by atoms with van der Waals surface area (Å²) < 4.78 is 25.0. The highest BCUT2D eigenvalue weighted by Gasteiger charge is 2.33. The summed E-state index contributed by atoms with van der Waals surface area (Å²) in [4.78, 5) is 24.3. The van der Waals surface area contributed by atoms with Crippen LogP contribution in [0.1, 0.15) is 32.1 Å². The Balaban J connectivity index is 1.75. The van der Waals surface area contributed by atoms with Gasteiger partial charge in [0.25, 0.3) is 0 Å². The summed E-state index contributed by atoms with van der Waals surface area (Å²) in [5.74, 6) is -1.92. The Kier molecular flexibility index (Phi) is 4.77. The maximum atomic E-state index is 12.5. The van der Waals surface area contributed by atoms with Gasteiger partial charge < -0.3 is 15.3 Å². The fourth-order valence-corrected chi connectivity index (χ4v) is 2.93. The number of urea groups is 1. The summed E-state index contributed by atoms with van der Waals surface area (Å²) >= 11 is 0. The molecule has 0 radical (unpaired) electrons. The van der Waals surface area contributed by atoms with Crippen LogP contribution in [-0.4, -0.2) is 47.6 Å². The summed E-state index contributed by atoms with van der Waals surface area (Å²) in [7, 11) is 0. The number of aliphatic carboxylic acids is 1. The third kappa shape index (κ3) is 3.58. The Morgan fingerprint density at radius 3 is 2.30 bits per heavy atom. The number of amides is 2. The van der Waals surface area contributed by atoms with Gasteiger partial charge in [0, 0.05) is 25.0 Å². The van der Waals surface area contributed by atoms with Crippen molar-refractivity contribution in [2.75, 3.05) is 13.1 Å². The number of alkyl halides is 2. The molecule has 7 heteroatoms. The monoisotopic (exact) mass is 290 g/mol. The van der Waals surface area contributed by atoms with E-state index in [1.54, 1.807) is 0 Å². The molecule has 0 aromatic heterocycles. The van der Waals surface area contributed by atoms with E-state index in [0.717, 1.165) is 0 Å². The molecule has 1 atom stereocenters. The fourth-order valence-electron chi connectivity index (χ4n) is 2.93. The zero-order chi connectivity index (χ0) is 14.7. The normalized spacial score (nSPS) is 30.6.